The van der Waals surface area contributed by atoms with Crippen molar-refractivity contribution in [1.29, 1.82) is 0 Å². The molecule has 0 aromatic heterocycles. The second-order valence-corrected chi connectivity index (χ2v) is 7.02. The zero-order chi connectivity index (χ0) is 14.2. The molecule has 2 unspecified atom stereocenters. The Bertz CT molecular complexity index is 470. The van der Waals surface area contributed by atoms with Crippen molar-refractivity contribution in [2.45, 2.75) is 57.6 Å². The molecule has 110 valence electrons. The predicted molar refractivity (Wildman–Crippen MR) is 82.7 cm³/mol. The van der Waals surface area contributed by atoms with Crippen LogP contribution in [0.4, 0.5) is 0 Å². The molecule has 1 aromatic carbocycles. The Morgan fingerprint density at radius 2 is 2.15 bits per heavy atom. The molecule has 0 amide bonds. The third kappa shape index (κ3) is 2.51. The largest absolute Gasteiger partial charge is 0.383 e. The third-order valence-corrected chi connectivity index (χ3v) is 5.02. The van der Waals surface area contributed by atoms with E-state index in [4.69, 9.17) is 0 Å². The second kappa shape index (κ2) is 5.50. The Kier molecular flexibility index (Phi) is 3.87. The molecular formula is C18H27NO. The van der Waals surface area contributed by atoms with Gasteiger partial charge in [-0.05, 0) is 49.3 Å². The molecule has 0 spiro atoms. The zero-order valence-corrected chi connectivity index (χ0v) is 12.8. The normalized spacial score (nSPS) is 30.7. The van der Waals surface area contributed by atoms with E-state index in [0.717, 1.165) is 31.4 Å². The van der Waals surface area contributed by atoms with Crippen molar-refractivity contribution in [3.05, 3.63) is 35.4 Å². The van der Waals surface area contributed by atoms with Crippen LogP contribution >= 0.6 is 0 Å². The van der Waals surface area contributed by atoms with Crippen molar-refractivity contribution in [3.8, 4) is 0 Å². The molecule has 2 heterocycles. The third-order valence-electron chi connectivity index (χ3n) is 5.02. The van der Waals surface area contributed by atoms with Gasteiger partial charge in [0.25, 0.3) is 0 Å². The molecule has 20 heavy (non-hydrogen) atoms. The van der Waals surface area contributed by atoms with E-state index in [9.17, 15) is 5.11 Å². The van der Waals surface area contributed by atoms with Crippen LogP contribution in [0, 0.1) is 5.92 Å². The van der Waals surface area contributed by atoms with Gasteiger partial charge in [0.2, 0.25) is 0 Å². The predicted octanol–water partition coefficient (Wildman–Crippen LogP) is 3.33. The maximum atomic E-state index is 11.3. The quantitative estimate of drug-likeness (QED) is 0.913. The lowest BCUT2D eigenvalue weighted by Gasteiger charge is -2.37. The minimum atomic E-state index is -0.618. The summed E-state index contributed by atoms with van der Waals surface area (Å²) in [6.07, 6.45) is 5.68. The first kappa shape index (κ1) is 14.1. The van der Waals surface area contributed by atoms with Gasteiger partial charge in [-0.1, -0.05) is 44.5 Å². The van der Waals surface area contributed by atoms with Gasteiger partial charge >= 0.3 is 0 Å². The maximum absolute atomic E-state index is 11.3. The smallest absolute Gasteiger partial charge is 0.106 e. The Hall–Kier alpha value is -0.860. The number of benzene rings is 1. The van der Waals surface area contributed by atoms with E-state index in [1.54, 1.807) is 0 Å². The van der Waals surface area contributed by atoms with Gasteiger partial charge in [-0.3, -0.25) is 4.90 Å². The standard InChI is InChI=1S/C18H27NO/c1-14(2)12-15-6-5-7-16(13-15)18(20)9-11-19-10-4-3-8-17(18)19/h5-7,13-14,17,20H,3-4,8-12H2,1-2H3. The van der Waals surface area contributed by atoms with Crippen molar-refractivity contribution in [2.75, 3.05) is 13.1 Å². The highest BCUT2D eigenvalue weighted by Gasteiger charge is 2.47. The lowest BCUT2D eigenvalue weighted by atomic mass is 9.82. The van der Waals surface area contributed by atoms with E-state index in [1.165, 1.54) is 24.9 Å². The fraction of sp³-hybridized carbons (Fsp3) is 0.667. The van der Waals surface area contributed by atoms with Gasteiger partial charge in [0.15, 0.2) is 0 Å². The Morgan fingerprint density at radius 1 is 1.30 bits per heavy atom. The Morgan fingerprint density at radius 3 is 2.95 bits per heavy atom. The van der Waals surface area contributed by atoms with E-state index >= 15 is 0 Å². The molecule has 2 fully saturated rings. The number of rotatable bonds is 3. The first-order chi connectivity index (χ1) is 9.59. The monoisotopic (exact) mass is 273 g/mol. The van der Waals surface area contributed by atoms with Crippen LogP contribution in [0.25, 0.3) is 0 Å². The fourth-order valence-corrected chi connectivity index (χ4v) is 4.06. The van der Waals surface area contributed by atoms with Gasteiger partial charge in [0, 0.05) is 12.6 Å². The van der Waals surface area contributed by atoms with E-state index in [0.29, 0.717) is 12.0 Å². The SMILES string of the molecule is CC(C)Cc1cccc(C2(O)CCN3CCCCC32)c1. The molecule has 2 heteroatoms. The summed E-state index contributed by atoms with van der Waals surface area (Å²) in [6, 6.07) is 9.03. The zero-order valence-electron chi connectivity index (χ0n) is 12.8. The topological polar surface area (TPSA) is 23.5 Å². The highest BCUT2D eigenvalue weighted by atomic mass is 16.3. The number of hydrogen-bond acceptors (Lipinski definition) is 2. The molecule has 3 rings (SSSR count). The molecule has 2 aliphatic rings. The van der Waals surface area contributed by atoms with Crippen molar-refractivity contribution in [2.24, 2.45) is 5.92 Å². The molecule has 2 aliphatic heterocycles. The molecule has 2 atom stereocenters. The van der Waals surface area contributed by atoms with Crippen molar-refractivity contribution >= 4 is 0 Å². The lowest BCUT2D eigenvalue weighted by molar-refractivity contribution is -0.0138. The van der Waals surface area contributed by atoms with Crippen molar-refractivity contribution in [1.82, 2.24) is 4.90 Å². The summed E-state index contributed by atoms with van der Waals surface area (Å²) in [4.78, 5) is 2.50. The number of fused-ring (bicyclic) bond motifs is 1. The first-order valence-electron chi connectivity index (χ1n) is 8.15. The number of piperidine rings is 1. The van der Waals surface area contributed by atoms with Crippen LogP contribution < -0.4 is 0 Å². The molecule has 0 radical (unpaired) electrons. The molecule has 2 saturated heterocycles. The maximum Gasteiger partial charge on any atom is 0.106 e. The number of hydrogen-bond donors (Lipinski definition) is 1. The molecule has 2 nitrogen and oxygen atoms in total. The molecule has 0 aliphatic carbocycles. The van der Waals surface area contributed by atoms with E-state index in [1.807, 2.05) is 0 Å². The van der Waals surface area contributed by atoms with Gasteiger partial charge in [-0.2, -0.15) is 0 Å². The van der Waals surface area contributed by atoms with Crippen molar-refractivity contribution < 1.29 is 5.11 Å². The summed E-state index contributed by atoms with van der Waals surface area (Å²) < 4.78 is 0. The number of nitrogens with zero attached hydrogens (tertiary/aromatic N) is 1. The summed E-state index contributed by atoms with van der Waals surface area (Å²) >= 11 is 0. The van der Waals surface area contributed by atoms with E-state index in [-0.39, 0.29) is 0 Å². The van der Waals surface area contributed by atoms with Gasteiger partial charge < -0.3 is 5.11 Å². The first-order valence-corrected chi connectivity index (χ1v) is 8.15. The Balaban J connectivity index is 1.87. The average Bonchev–Trinajstić information content (AvgIpc) is 2.78. The minimum absolute atomic E-state index is 0.338. The van der Waals surface area contributed by atoms with Crippen LogP contribution in [-0.2, 0) is 12.0 Å². The van der Waals surface area contributed by atoms with Gasteiger partial charge in [0.05, 0.1) is 0 Å². The molecule has 1 aromatic rings. The minimum Gasteiger partial charge on any atom is -0.383 e. The Labute approximate surface area is 122 Å². The van der Waals surface area contributed by atoms with Gasteiger partial charge in [0.1, 0.15) is 5.60 Å². The van der Waals surface area contributed by atoms with Crippen LogP contribution in [0.3, 0.4) is 0 Å². The van der Waals surface area contributed by atoms with Crippen LogP contribution in [0.15, 0.2) is 24.3 Å². The van der Waals surface area contributed by atoms with Crippen molar-refractivity contribution in [3.63, 3.8) is 0 Å². The van der Waals surface area contributed by atoms with Crippen LogP contribution in [0.5, 0.6) is 0 Å². The van der Waals surface area contributed by atoms with E-state index in [2.05, 4.69) is 43.0 Å². The highest BCUT2D eigenvalue weighted by molar-refractivity contribution is 5.31. The second-order valence-electron chi connectivity index (χ2n) is 7.02. The number of aliphatic hydroxyl groups is 1. The summed E-state index contributed by atoms with van der Waals surface area (Å²) in [6.45, 7) is 6.72. The van der Waals surface area contributed by atoms with Crippen LogP contribution in [0.1, 0.15) is 50.7 Å². The van der Waals surface area contributed by atoms with E-state index < -0.39 is 5.60 Å². The lowest BCUT2D eigenvalue weighted by Crippen LogP contribution is -2.45. The molecule has 0 bridgehead atoms. The molecule has 0 saturated carbocycles. The average molecular weight is 273 g/mol. The summed E-state index contributed by atoms with van der Waals surface area (Å²) in [7, 11) is 0. The van der Waals surface area contributed by atoms with Crippen LogP contribution in [0.2, 0.25) is 0 Å². The summed E-state index contributed by atoms with van der Waals surface area (Å²) in [5, 5.41) is 11.3. The van der Waals surface area contributed by atoms with Crippen LogP contribution in [-0.4, -0.2) is 29.1 Å². The van der Waals surface area contributed by atoms with Gasteiger partial charge in [-0.25, -0.2) is 0 Å². The highest BCUT2D eigenvalue weighted by Crippen LogP contribution is 2.42. The summed E-state index contributed by atoms with van der Waals surface area (Å²) in [5.41, 5.74) is 1.89. The summed E-state index contributed by atoms with van der Waals surface area (Å²) in [5.74, 6) is 0.662. The molecular weight excluding hydrogens is 246 g/mol. The molecule has 1 N–H and O–H groups in total. The van der Waals surface area contributed by atoms with Gasteiger partial charge in [-0.15, -0.1) is 0 Å². The fourth-order valence-electron chi connectivity index (χ4n) is 4.06.